The topological polar surface area (TPSA) is 99.1 Å². The monoisotopic (exact) mass is 302 g/mol. The number of aliphatic carboxylic acids is 1. The molecule has 122 valence electrons. The second-order valence-corrected chi connectivity index (χ2v) is 6.16. The van der Waals surface area contributed by atoms with Gasteiger partial charge in [-0.2, -0.15) is 0 Å². The van der Waals surface area contributed by atoms with Crippen LogP contribution in [0.2, 0.25) is 0 Å². The first kappa shape index (κ1) is 17.7. The van der Waals surface area contributed by atoms with Gasteiger partial charge >= 0.3 is 12.0 Å². The van der Waals surface area contributed by atoms with Crippen molar-refractivity contribution in [1.29, 1.82) is 0 Å². The average molecular weight is 302 g/mol. The molecular weight excluding hydrogens is 276 g/mol. The van der Waals surface area contributed by atoms with Crippen LogP contribution in [-0.4, -0.2) is 65.6 Å². The van der Waals surface area contributed by atoms with Crippen molar-refractivity contribution in [1.82, 2.24) is 10.2 Å². The Morgan fingerprint density at radius 3 is 2.38 bits per heavy atom. The Kier molecular flexibility index (Phi) is 6.42. The first-order valence-electron chi connectivity index (χ1n) is 7.28. The smallest absolute Gasteiger partial charge is 0.326 e. The van der Waals surface area contributed by atoms with E-state index in [1.54, 1.807) is 7.05 Å². The van der Waals surface area contributed by atoms with Crippen LogP contribution in [0.3, 0.4) is 0 Å². The van der Waals surface area contributed by atoms with Gasteiger partial charge in [-0.05, 0) is 12.3 Å². The van der Waals surface area contributed by atoms with E-state index >= 15 is 0 Å². The summed E-state index contributed by atoms with van der Waals surface area (Å²) in [5, 5.41) is 22.0. The van der Waals surface area contributed by atoms with E-state index in [1.807, 2.05) is 13.8 Å². The first-order valence-corrected chi connectivity index (χ1v) is 7.28. The summed E-state index contributed by atoms with van der Waals surface area (Å²) in [5.74, 6) is -0.883. The van der Waals surface area contributed by atoms with Crippen molar-refractivity contribution in [3.05, 3.63) is 0 Å². The lowest BCUT2D eigenvalue weighted by molar-refractivity contribution is -0.139. The normalized spacial score (nSPS) is 19.1. The third-order valence-electron chi connectivity index (χ3n) is 3.60. The fraction of sp³-hybridized carbons (Fsp3) is 0.857. The molecular formula is C14H26N2O5. The summed E-state index contributed by atoms with van der Waals surface area (Å²) in [4.78, 5) is 24.5. The van der Waals surface area contributed by atoms with Gasteiger partial charge in [0.25, 0.3) is 0 Å². The Morgan fingerprint density at radius 2 is 1.90 bits per heavy atom. The Bertz CT molecular complexity index is 366. The van der Waals surface area contributed by atoms with E-state index in [1.165, 1.54) is 4.90 Å². The maximum Gasteiger partial charge on any atom is 0.326 e. The van der Waals surface area contributed by atoms with Crippen molar-refractivity contribution in [2.24, 2.45) is 5.92 Å². The molecule has 21 heavy (non-hydrogen) atoms. The van der Waals surface area contributed by atoms with E-state index in [0.29, 0.717) is 32.5 Å². The minimum atomic E-state index is -1.05. The molecule has 0 bridgehead atoms. The molecule has 0 radical (unpaired) electrons. The highest BCUT2D eigenvalue weighted by molar-refractivity contribution is 5.82. The van der Waals surface area contributed by atoms with Gasteiger partial charge in [-0.1, -0.05) is 13.8 Å². The molecule has 0 aromatic heterocycles. The molecule has 1 heterocycles. The van der Waals surface area contributed by atoms with Crippen molar-refractivity contribution >= 4 is 12.0 Å². The molecule has 7 nitrogen and oxygen atoms in total. The number of likely N-dealkylation sites (N-methyl/N-ethyl adjacent to an activating group) is 1. The zero-order valence-corrected chi connectivity index (χ0v) is 13.0. The van der Waals surface area contributed by atoms with Crippen LogP contribution in [0.4, 0.5) is 4.79 Å². The number of amides is 2. The van der Waals surface area contributed by atoms with Gasteiger partial charge < -0.3 is 25.2 Å². The maximum atomic E-state index is 12.1. The standard InChI is InChI=1S/C14H26N2O5/c1-10(2)8-11(12(17)18)15-13(19)16(3)9-14(20)4-6-21-7-5-14/h10-11,20H,4-9H2,1-3H3,(H,15,19)(H,17,18). The number of hydrogen-bond acceptors (Lipinski definition) is 4. The second kappa shape index (κ2) is 7.61. The molecule has 7 heteroatoms. The summed E-state index contributed by atoms with van der Waals surface area (Å²) in [6, 6.07) is -1.40. The predicted octanol–water partition coefficient (Wildman–Crippen LogP) is 0.669. The summed E-state index contributed by atoms with van der Waals surface area (Å²) in [6.45, 7) is 4.90. The summed E-state index contributed by atoms with van der Waals surface area (Å²) in [5.41, 5.74) is -0.957. The molecule has 1 atom stereocenters. The number of nitrogens with zero attached hydrogens (tertiary/aromatic N) is 1. The highest BCUT2D eigenvalue weighted by atomic mass is 16.5. The largest absolute Gasteiger partial charge is 0.480 e. The predicted molar refractivity (Wildman–Crippen MR) is 77.0 cm³/mol. The van der Waals surface area contributed by atoms with Gasteiger partial charge in [-0.3, -0.25) is 0 Å². The lowest BCUT2D eigenvalue weighted by Crippen LogP contribution is -2.52. The zero-order chi connectivity index (χ0) is 16.0. The van der Waals surface area contributed by atoms with Gasteiger partial charge in [0, 0.05) is 33.1 Å². The minimum Gasteiger partial charge on any atom is -0.480 e. The van der Waals surface area contributed by atoms with Crippen LogP contribution in [0.1, 0.15) is 33.1 Å². The van der Waals surface area contributed by atoms with Crippen LogP contribution in [0.5, 0.6) is 0 Å². The van der Waals surface area contributed by atoms with Gasteiger partial charge in [0.1, 0.15) is 6.04 Å². The first-order chi connectivity index (χ1) is 9.73. The van der Waals surface area contributed by atoms with E-state index in [4.69, 9.17) is 9.84 Å². The minimum absolute atomic E-state index is 0.163. The summed E-state index contributed by atoms with van der Waals surface area (Å²) in [7, 11) is 1.55. The van der Waals surface area contributed by atoms with Crippen LogP contribution in [0.25, 0.3) is 0 Å². The average Bonchev–Trinajstić information content (AvgIpc) is 2.37. The number of ether oxygens (including phenoxy) is 1. The summed E-state index contributed by atoms with van der Waals surface area (Å²) in [6.07, 6.45) is 1.31. The number of carbonyl (C=O) groups is 2. The molecule has 0 aliphatic carbocycles. The number of urea groups is 1. The molecule has 1 fully saturated rings. The molecule has 0 spiro atoms. The highest BCUT2D eigenvalue weighted by Gasteiger charge is 2.33. The summed E-state index contributed by atoms with van der Waals surface area (Å²) >= 11 is 0. The van der Waals surface area contributed by atoms with Crippen molar-refractivity contribution in [2.75, 3.05) is 26.8 Å². The lowest BCUT2D eigenvalue weighted by atomic mass is 9.94. The SMILES string of the molecule is CC(C)CC(NC(=O)N(C)CC1(O)CCOCC1)C(=O)O. The van der Waals surface area contributed by atoms with E-state index in [9.17, 15) is 14.7 Å². The molecule has 1 saturated heterocycles. The number of aliphatic hydroxyl groups is 1. The molecule has 0 aromatic carbocycles. The number of carboxylic acids is 1. The quantitative estimate of drug-likeness (QED) is 0.669. The Labute approximate surface area is 125 Å². The molecule has 0 saturated carbocycles. The van der Waals surface area contributed by atoms with Crippen LogP contribution in [0, 0.1) is 5.92 Å². The van der Waals surface area contributed by atoms with Gasteiger partial charge in [-0.15, -0.1) is 0 Å². The van der Waals surface area contributed by atoms with E-state index in [2.05, 4.69) is 5.32 Å². The van der Waals surface area contributed by atoms with Crippen molar-refractivity contribution in [3.63, 3.8) is 0 Å². The third kappa shape index (κ3) is 5.89. The van der Waals surface area contributed by atoms with E-state index < -0.39 is 23.6 Å². The molecule has 2 amide bonds. The van der Waals surface area contributed by atoms with E-state index in [-0.39, 0.29) is 12.5 Å². The highest BCUT2D eigenvalue weighted by Crippen LogP contribution is 2.21. The van der Waals surface area contributed by atoms with Crippen molar-refractivity contribution < 1.29 is 24.5 Å². The Hall–Kier alpha value is -1.34. The zero-order valence-electron chi connectivity index (χ0n) is 13.0. The maximum absolute atomic E-state index is 12.1. The van der Waals surface area contributed by atoms with E-state index in [0.717, 1.165) is 0 Å². The molecule has 3 N–H and O–H groups in total. The molecule has 1 aliphatic rings. The number of hydrogen-bond donors (Lipinski definition) is 3. The number of carbonyl (C=O) groups excluding carboxylic acids is 1. The van der Waals surface area contributed by atoms with Gasteiger partial charge in [0.15, 0.2) is 0 Å². The fourth-order valence-corrected chi connectivity index (χ4v) is 2.37. The molecule has 1 rings (SSSR count). The van der Waals surface area contributed by atoms with Gasteiger partial charge in [0.05, 0.1) is 12.1 Å². The number of carboxylic acid groups (broad SMARTS) is 1. The van der Waals surface area contributed by atoms with Crippen molar-refractivity contribution in [2.45, 2.75) is 44.8 Å². The molecule has 1 aliphatic heterocycles. The molecule has 1 unspecified atom stereocenters. The molecule has 0 aromatic rings. The van der Waals surface area contributed by atoms with Crippen molar-refractivity contribution in [3.8, 4) is 0 Å². The number of rotatable bonds is 6. The summed E-state index contributed by atoms with van der Waals surface area (Å²) < 4.78 is 5.19. The van der Waals surface area contributed by atoms with Gasteiger partial charge in [-0.25, -0.2) is 9.59 Å². The third-order valence-corrected chi connectivity index (χ3v) is 3.60. The second-order valence-electron chi connectivity index (χ2n) is 6.16. The van der Waals surface area contributed by atoms with Crippen LogP contribution >= 0.6 is 0 Å². The lowest BCUT2D eigenvalue weighted by Gasteiger charge is -2.35. The van der Waals surface area contributed by atoms with Gasteiger partial charge in [0.2, 0.25) is 0 Å². The van der Waals surface area contributed by atoms with Crippen LogP contribution in [0.15, 0.2) is 0 Å². The Balaban J connectivity index is 2.54. The fourth-order valence-electron chi connectivity index (χ4n) is 2.37. The Morgan fingerprint density at radius 1 is 1.33 bits per heavy atom. The number of nitrogens with one attached hydrogen (secondary N) is 1. The van der Waals surface area contributed by atoms with Crippen LogP contribution in [-0.2, 0) is 9.53 Å². The van der Waals surface area contributed by atoms with Crippen LogP contribution < -0.4 is 5.32 Å².